The number of sulfone groups is 1. The SMILES string of the molecule is Cc1ccc(C(=O)NC[C@@H](c2cccs2)S(=O)(=O)c2ccc(Cl)cc2)cc1C. The van der Waals surface area contributed by atoms with E-state index in [4.69, 9.17) is 11.6 Å². The Morgan fingerprint density at radius 1 is 1.07 bits per heavy atom. The van der Waals surface area contributed by atoms with Gasteiger partial charge < -0.3 is 5.32 Å². The van der Waals surface area contributed by atoms with Crippen LogP contribution in [0.2, 0.25) is 5.02 Å². The molecule has 4 nitrogen and oxygen atoms in total. The first-order valence-electron chi connectivity index (χ1n) is 8.67. The molecule has 3 rings (SSSR count). The molecular formula is C21H20ClNO3S2. The molecule has 0 spiro atoms. The van der Waals surface area contributed by atoms with Crippen LogP contribution in [-0.4, -0.2) is 20.9 Å². The molecule has 1 heterocycles. The van der Waals surface area contributed by atoms with Crippen LogP contribution in [0, 0.1) is 13.8 Å². The van der Waals surface area contributed by atoms with E-state index >= 15 is 0 Å². The van der Waals surface area contributed by atoms with Gasteiger partial charge in [0.05, 0.1) is 4.90 Å². The minimum Gasteiger partial charge on any atom is -0.350 e. The minimum atomic E-state index is -3.70. The fourth-order valence-electron chi connectivity index (χ4n) is 2.80. The van der Waals surface area contributed by atoms with Crippen LogP contribution in [0.4, 0.5) is 0 Å². The van der Waals surface area contributed by atoms with Gasteiger partial charge in [0.1, 0.15) is 5.25 Å². The third-order valence-corrected chi connectivity index (χ3v) is 8.08. The quantitative estimate of drug-likeness (QED) is 0.597. The first kappa shape index (κ1) is 20.6. The van der Waals surface area contributed by atoms with E-state index in [1.165, 1.54) is 23.5 Å². The molecule has 1 atom stereocenters. The Balaban J connectivity index is 1.86. The summed E-state index contributed by atoms with van der Waals surface area (Å²) >= 11 is 7.24. The predicted molar refractivity (Wildman–Crippen MR) is 114 cm³/mol. The van der Waals surface area contributed by atoms with Gasteiger partial charge in [-0.05, 0) is 72.8 Å². The van der Waals surface area contributed by atoms with Gasteiger partial charge in [0.2, 0.25) is 0 Å². The monoisotopic (exact) mass is 433 g/mol. The van der Waals surface area contributed by atoms with E-state index in [1.54, 1.807) is 36.4 Å². The van der Waals surface area contributed by atoms with Gasteiger partial charge in [-0.1, -0.05) is 23.7 Å². The highest BCUT2D eigenvalue weighted by Gasteiger charge is 2.30. The number of aryl methyl sites for hydroxylation is 2. The molecule has 28 heavy (non-hydrogen) atoms. The molecule has 0 aliphatic carbocycles. The summed E-state index contributed by atoms with van der Waals surface area (Å²) in [7, 11) is -3.70. The van der Waals surface area contributed by atoms with E-state index in [0.717, 1.165) is 11.1 Å². The first-order valence-corrected chi connectivity index (χ1v) is 11.5. The van der Waals surface area contributed by atoms with Gasteiger partial charge >= 0.3 is 0 Å². The second kappa shape index (κ2) is 8.47. The Labute approximate surface area is 174 Å². The van der Waals surface area contributed by atoms with Crippen molar-refractivity contribution in [2.24, 2.45) is 0 Å². The van der Waals surface area contributed by atoms with E-state index in [2.05, 4.69) is 5.32 Å². The molecule has 0 bridgehead atoms. The van der Waals surface area contributed by atoms with E-state index in [1.807, 2.05) is 25.3 Å². The standard InChI is InChI=1S/C21H20ClNO3S2/c1-14-5-6-16(12-15(14)2)21(24)23-13-20(19-4-3-11-27-19)28(25,26)18-9-7-17(22)8-10-18/h3-12,20H,13H2,1-2H3,(H,23,24)/t20-/m0/s1. The van der Waals surface area contributed by atoms with E-state index in [-0.39, 0.29) is 17.3 Å². The van der Waals surface area contributed by atoms with Gasteiger partial charge in [0.15, 0.2) is 9.84 Å². The van der Waals surface area contributed by atoms with Gasteiger partial charge in [-0.25, -0.2) is 8.42 Å². The number of thiophene rings is 1. The molecule has 146 valence electrons. The van der Waals surface area contributed by atoms with Crippen LogP contribution in [-0.2, 0) is 9.84 Å². The smallest absolute Gasteiger partial charge is 0.251 e. The van der Waals surface area contributed by atoms with Crippen molar-refractivity contribution >= 4 is 38.7 Å². The molecular weight excluding hydrogens is 414 g/mol. The van der Waals surface area contributed by atoms with Crippen molar-refractivity contribution in [3.63, 3.8) is 0 Å². The molecule has 3 aromatic rings. The number of hydrogen-bond acceptors (Lipinski definition) is 4. The van der Waals surface area contributed by atoms with Crippen molar-refractivity contribution in [1.82, 2.24) is 5.32 Å². The molecule has 1 N–H and O–H groups in total. The van der Waals surface area contributed by atoms with Gasteiger partial charge in [-0.3, -0.25) is 4.79 Å². The number of carbonyl (C=O) groups excluding carboxylic acids is 1. The van der Waals surface area contributed by atoms with E-state index in [9.17, 15) is 13.2 Å². The third kappa shape index (κ3) is 4.46. The number of halogens is 1. The maximum absolute atomic E-state index is 13.2. The summed E-state index contributed by atoms with van der Waals surface area (Å²) in [6, 6.07) is 15.1. The van der Waals surface area contributed by atoms with Crippen LogP contribution in [0.15, 0.2) is 64.9 Å². The highest BCUT2D eigenvalue weighted by Crippen LogP contribution is 2.32. The molecule has 0 saturated heterocycles. The maximum atomic E-state index is 13.2. The van der Waals surface area contributed by atoms with Crippen LogP contribution < -0.4 is 5.32 Å². The molecule has 0 fully saturated rings. The lowest BCUT2D eigenvalue weighted by Crippen LogP contribution is -2.31. The van der Waals surface area contributed by atoms with Gasteiger partial charge in [-0.15, -0.1) is 11.3 Å². The average molecular weight is 434 g/mol. The van der Waals surface area contributed by atoms with Crippen molar-refractivity contribution in [2.45, 2.75) is 24.0 Å². The summed E-state index contributed by atoms with van der Waals surface area (Å²) in [5.41, 5.74) is 2.62. The van der Waals surface area contributed by atoms with Crippen LogP contribution in [0.25, 0.3) is 0 Å². The lowest BCUT2D eigenvalue weighted by molar-refractivity contribution is 0.0953. The first-order chi connectivity index (χ1) is 13.3. The van der Waals surface area contributed by atoms with Crippen molar-refractivity contribution in [2.75, 3.05) is 6.54 Å². The van der Waals surface area contributed by atoms with E-state index < -0.39 is 15.1 Å². The molecule has 1 aromatic heterocycles. The second-order valence-corrected chi connectivity index (χ2v) is 10.1. The molecule has 0 saturated carbocycles. The number of hydrogen-bond donors (Lipinski definition) is 1. The zero-order valence-electron chi connectivity index (χ0n) is 15.5. The zero-order chi connectivity index (χ0) is 20.3. The van der Waals surface area contributed by atoms with Crippen molar-refractivity contribution < 1.29 is 13.2 Å². The second-order valence-electron chi connectivity index (χ2n) is 6.51. The largest absolute Gasteiger partial charge is 0.350 e. The van der Waals surface area contributed by atoms with Crippen LogP contribution >= 0.6 is 22.9 Å². The third-order valence-electron chi connectivity index (χ3n) is 4.59. The molecule has 7 heteroatoms. The molecule has 0 aliphatic heterocycles. The van der Waals surface area contributed by atoms with Crippen molar-refractivity contribution in [1.29, 1.82) is 0 Å². The average Bonchev–Trinajstić information content (AvgIpc) is 3.18. The predicted octanol–water partition coefficient (Wildman–Crippen LogP) is 4.96. The maximum Gasteiger partial charge on any atom is 0.251 e. The Kier molecular flexibility index (Phi) is 6.23. The fraction of sp³-hybridized carbons (Fsp3) is 0.190. The zero-order valence-corrected chi connectivity index (χ0v) is 17.9. The van der Waals surface area contributed by atoms with Crippen LogP contribution in [0.1, 0.15) is 31.6 Å². The van der Waals surface area contributed by atoms with Crippen LogP contribution in [0.5, 0.6) is 0 Å². The lowest BCUT2D eigenvalue weighted by atomic mass is 10.1. The number of rotatable bonds is 6. The molecule has 0 aliphatic rings. The molecule has 0 unspecified atom stereocenters. The Morgan fingerprint density at radius 2 is 1.79 bits per heavy atom. The molecule has 1 amide bonds. The van der Waals surface area contributed by atoms with Crippen LogP contribution in [0.3, 0.4) is 0 Å². The van der Waals surface area contributed by atoms with E-state index in [0.29, 0.717) is 15.5 Å². The fourth-order valence-corrected chi connectivity index (χ4v) is 5.71. The Bertz CT molecular complexity index is 1080. The normalized spacial score (nSPS) is 12.5. The summed E-state index contributed by atoms with van der Waals surface area (Å²) in [5, 5.41) is 4.20. The topological polar surface area (TPSA) is 63.2 Å². The Hall–Kier alpha value is -2.15. The molecule has 2 aromatic carbocycles. The summed E-state index contributed by atoms with van der Waals surface area (Å²) in [6.45, 7) is 3.89. The van der Waals surface area contributed by atoms with Gasteiger partial charge in [0.25, 0.3) is 5.91 Å². The number of nitrogens with one attached hydrogen (secondary N) is 1. The van der Waals surface area contributed by atoms with Gasteiger partial charge in [-0.2, -0.15) is 0 Å². The minimum absolute atomic E-state index is 0.0166. The summed E-state index contributed by atoms with van der Waals surface area (Å²) < 4.78 is 26.4. The highest BCUT2D eigenvalue weighted by molar-refractivity contribution is 7.91. The lowest BCUT2D eigenvalue weighted by Gasteiger charge is -2.18. The summed E-state index contributed by atoms with van der Waals surface area (Å²) in [5.74, 6) is -0.295. The van der Waals surface area contributed by atoms with Gasteiger partial charge in [0, 0.05) is 22.0 Å². The van der Waals surface area contributed by atoms with Crippen molar-refractivity contribution in [3.05, 3.63) is 86.6 Å². The summed E-state index contributed by atoms with van der Waals surface area (Å²) in [6.07, 6.45) is 0. The number of benzene rings is 2. The number of amides is 1. The Morgan fingerprint density at radius 3 is 2.39 bits per heavy atom. The number of carbonyl (C=O) groups is 1. The summed E-state index contributed by atoms with van der Waals surface area (Å²) in [4.78, 5) is 13.4. The molecule has 0 radical (unpaired) electrons. The highest BCUT2D eigenvalue weighted by atomic mass is 35.5. The van der Waals surface area contributed by atoms with Crippen molar-refractivity contribution in [3.8, 4) is 0 Å².